The van der Waals surface area contributed by atoms with Gasteiger partial charge in [-0.05, 0) is 38.1 Å². The van der Waals surface area contributed by atoms with Crippen LogP contribution in [-0.2, 0) is 4.79 Å². The number of ether oxygens (including phenoxy) is 2. The van der Waals surface area contributed by atoms with Crippen molar-refractivity contribution in [1.29, 1.82) is 0 Å². The predicted octanol–water partition coefficient (Wildman–Crippen LogP) is 1.59. The van der Waals surface area contributed by atoms with Gasteiger partial charge in [-0.2, -0.15) is 5.10 Å². The Bertz CT molecular complexity index is 395. The zero-order valence-corrected chi connectivity index (χ0v) is 10.2. The van der Waals surface area contributed by atoms with Crippen molar-refractivity contribution in [3.05, 3.63) is 24.3 Å². The summed E-state index contributed by atoms with van der Waals surface area (Å²) >= 11 is 0. The Hall–Kier alpha value is -2.04. The molecule has 5 heteroatoms. The first kappa shape index (κ1) is 13.0. The smallest absolute Gasteiger partial charge is 0.277 e. The summed E-state index contributed by atoms with van der Waals surface area (Å²) in [5.41, 5.74) is 3.15. The van der Waals surface area contributed by atoms with Gasteiger partial charge in [-0.25, -0.2) is 5.43 Å². The first-order chi connectivity index (χ1) is 8.11. The average Bonchev–Trinajstić information content (AvgIpc) is 2.34. The van der Waals surface area contributed by atoms with Gasteiger partial charge in [-0.3, -0.25) is 4.79 Å². The minimum atomic E-state index is -0.290. The topological polar surface area (TPSA) is 59.9 Å². The molecule has 1 N–H and O–H groups in total. The van der Waals surface area contributed by atoms with E-state index in [9.17, 15) is 4.79 Å². The summed E-state index contributed by atoms with van der Waals surface area (Å²) in [7, 11) is 1.59. The molecular weight excluding hydrogens is 220 g/mol. The summed E-state index contributed by atoms with van der Waals surface area (Å²) in [6.07, 6.45) is 0. The Balaban J connectivity index is 2.39. The normalized spacial score (nSPS) is 9.35. The maximum Gasteiger partial charge on any atom is 0.277 e. The number of hydrogen-bond acceptors (Lipinski definition) is 4. The van der Waals surface area contributed by atoms with Gasteiger partial charge in [0, 0.05) is 5.71 Å². The van der Waals surface area contributed by atoms with E-state index in [1.165, 1.54) is 0 Å². The van der Waals surface area contributed by atoms with Gasteiger partial charge in [0.05, 0.1) is 7.11 Å². The third-order valence-corrected chi connectivity index (χ3v) is 1.83. The number of nitrogens with one attached hydrogen (secondary N) is 1. The van der Waals surface area contributed by atoms with Crippen LogP contribution in [0, 0.1) is 0 Å². The van der Waals surface area contributed by atoms with Crippen LogP contribution < -0.4 is 14.9 Å². The molecule has 0 aliphatic carbocycles. The number of nitrogens with zero attached hydrogens (tertiary/aromatic N) is 1. The Labute approximate surface area is 100 Å². The van der Waals surface area contributed by atoms with E-state index >= 15 is 0 Å². The molecule has 92 valence electrons. The number of rotatable bonds is 5. The van der Waals surface area contributed by atoms with Crippen LogP contribution in [0.25, 0.3) is 0 Å². The van der Waals surface area contributed by atoms with Crippen molar-refractivity contribution in [2.24, 2.45) is 5.10 Å². The minimum absolute atomic E-state index is 0.0664. The van der Waals surface area contributed by atoms with Crippen molar-refractivity contribution in [2.75, 3.05) is 13.7 Å². The van der Waals surface area contributed by atoms with E-state index in [1.807, 2.05) is 0 Å². The summed E-state index contributed by atoms with van der Waals surface area (Å²) in [5.74, 6) is 1.06. The first-order valence-corrected chi connectivity index (χ1v) is 5.18. The van der Waals surface area contributed by atoms with Crippen LogP contribution in [0.4, 0.5) is 0 Å². The number of benzene rings is 1. The number of hydrogen-bond donors (Lipinski definition) is 1. The van der Waals surface area contributed by atoms with Crippen LogP contribution in [0.2, 0.25) is 0 Å². The lowest BCUT2D eigenvalue weighted by Gasteiger charge is -2.06. The van der Waals surface area contributed by atoms with E-state index in [0.29, 0.717) is 5.75 Å². The van der Waals surface area contributed by atoms with Gasteiger partial charge in [0.1, 0.15) is 11.5 Å². The quantitative estimate of drug-likeness (QED) is 0.623. The molecule has 0 spiro atoms. The fourth-order valence-corrected chi connectivity index (χ4v) is 1.03. The van der Waals surface area contributed by atoms with E-state index in [2.05, 4.69) is 10.5 Å². The molecule has 1 rings (SSSR count). The molecule has 0 saturated carbocycles. The van der Waals surface area contributed by atoms with Crippen LogP contribution in [0.1, 0.15) is 13.8 Å². The Morgan fingerprint density at radius 3 is 2.35 bits per heavy atom. The lowest BCUT2D eigenvalue weighted by Crippen LogP contribution is -2.25. The Morgan fingerprint density at radius 2 is 1.82 bits per heavy atom. The predicted molar refractivity (Wildman–Crippen MR) is 65.4 cm³/mol. The third-order valence-electron chi connectivity index (χ3n) is 1.83. The van der Waals surface area contributed by atoms with Crippen LogP contribution in [0.15, 0.2) is 29.4 Å². The number of carbonyl (C=O) groups excluding carboxylic acids is 1. The molecule has 0 aliphatic heterocycles. The van der Waals surface area contributed by atoms with Crippen LogP contribution >= 0.6 is 0 Å². The molecule has 0 unspecified atom stereocenters. The fourth-order valence-electron chi connectivity index (χ4n) is 1.03. The van der Waals surface area contributed by atoms with Crippen LogP contribution in [0.5, 0.6) is 11.5 Å². The molecule has 0 atom stereocenters. The maximum absolute atomic E-state index is 11.3. The zero-order chi connectivity index (χ0) is 12.7. The SMILES string of the molecule is COc1ccc(OCC(=O)NN=C(C)C)cc1. The Kier molecular flexibility index (Phi) is 5.00. The second-order valence-corrected chi connectivity index (χ2v) is 3.56. The van der Waals surface area contributed by atoms with Crippen molar-refractivity contribution in [3.63, 3.8) is 0 Å². The van der Waals surface area contributed by atoms with Crippen molar-refractivity contribution in [3.8, 4) is 11.5 Å². The van der Waals surface area contributed by atoms with Gasteiger partial charge in [0.25, 0.3) is 5.91 Å². The van der Waals surface area contributed by atoms with Crippen LogP contribution in [0.3, 0.4) is 0 Å². The van der Waals surface area contributed by atoms with Gasteiger partial charge < -0.3 is 9.47 Å². The summed E-state index contributed by atoms with van der Waals surface area (Å²) < 4.78 is 10.3. The van der Waals surface area contributed by atoms with Crippen molar-refractivity contribution in [1.82, 2.24) is 5.43 Å². The summed E-state index contributed by atoms with van der Waals surface area (Å²) in [5, 5.41) is 3.78. The molecule has 0 bridgehead atoms. The molecule has 1 amide bonds. The third kappa shape index (κ3) is 5.01. The van der Waals surface area contributed by atoms with Gasteiger partial charge >= 0.3 is 0 Å². The standard InChI is InChI=1S/C12H16N2O3/c1-9(2)13-14-12(15)8-17-11-6-4-10(16-3)5-7-11/h4-7H,8H2,1-3H3,(H,14,15). The highest BCUT2D eigenvalue weighted by Gasteiger charge is 2.01. The van der Waals surface area contributed by atoms with Crippen molar-refractivity contribution in [2.45, 2.75) is 13.8 Å². The second kappa shape index (κ2) is 6.52. The fraction of sp³-hybridized carbons (Fsp3) is 0.333. The molecule has 5 nitrogen and oxygen atoms in total. The van der Waals surface area contributed by atoms with Gasteiger partial charge in [-0.1, -0.05) is 0 Å². The largest absolute Gasteiger partial charge is 0.497 e. The van der Waals surface area contributed by atoms with Crippen LogP contribution in [-0.4, -0.2) is 25.3 Å². The summed E-state index contributed by atoms with van der Waals surface area (Å²) in [6.45, 7) is 3.53. The molecule has 0 fully saturated rings. The number of hydrazone groups is 1. The van der Waals surface area contributed by atoms with Crippen molar-refractivity contribution < 1.29 is 14.3 Å². The average molecular weight is 236 g/mol. The molecular formula is C12H16N2O3. The summed E-state index contributed by atoms with van der Waals surface area (Å²) in [6, 6.07) is 7.00. The van der Waals surface area contributed by atoms with Gasteiger partial charge in [-0.15, -0.1) is 0 Å². The van der Waals surface area contributed by atoms with E-state index < -0.39 is 0 Å². The number of amides is 1. The molecule has 1 aromatic rings. The lowest BCUT2D eigenvalue weighted by molar-refractivity contribution is -0.123. The molecule has 0 radical (unpaired) electrons. The molecule has 17 heavy (non-hydrogen) atoms. The molecule has 1 aromatic carbocycles. The molecule has 0 aliphatic rings. The molecule has 0 heterocycles. The highest BCUT2D eigenvalue weighted by molar-refractivity contribution is 5.83. The first-order valence-electron chi connectivity index (χ1n) is 5.18. The highest BCUT2D eigenvalue weighted by atomic mass is 16.5. The lowest BCUT2D eigenvalue weighted by atomic mass is 10.3. The second-order valence-electron chi connectivity index (χ2n) is 3.56. The summed E-state index contributed by atoms with van der Waals surface area (Å²) in [4.78, 5) is 11.3. The molecule has 0 saturated heterocycles. The highest BCUT2D eigenvalue weighted by Crippen LogP contribution is 2.16. The maximum atomic E-state index is 11.3. The van der Waals surface area contributed by atoms with Gasteiger partial charge in [0.2, 0.25) is 0 Å². The van der Waals surface area contributed by atoms with Gasteiger partial charge in [0.15, 0.2) is 6.61 Å². The minimum Gasteiger partial charge on any atom is -0.497 e. The van der Waals surface area contributed by atoms with E-state index in [1.54, 1.807) is 45.2 Å². The van der Waals surface area contributed by atoms with E-state index in [0.717, 1.165) is 11.5 Å². The monoisotopic (exact) mass is 236 g/mol. The Morgan fingerprint density at radius 1 is 1.24 bits per heavy atom. The van der Waals surface area contributed by atoms with E-state index in [4.69, 9.17) is 9.47 Å². The van der Waals surface area contributed by atoms with Crippen molar-refractivity contribution >= 4 is 11.6 Å². The number of methoxy groups -OCH3 is 1. The molecule has 0 aromatic heterocycles. The zero-order valence-electron chi connectivity index (χ0n) is 10.2. The number of carbonyl (C=O) groups is 1. The van der Waals surface area contributed by atoms with E-state index in [-0.39, 0.29) is 12.5 Å².